The van der Waals surface area contributed by atoms with Gasteiger partial charge in [0.2, 0.25) is 0 Å². The Morgan fingerprint density at radius 2 is 1.72 bits per heavy atom. The Bertz CT molecular complexity index is 1110. The van der Waals surface area contributed by atoms with E-state index >= 15 is 0 Å². The Balaban J connectivity index is 1.29. The molecule has 17 atom stereocenters. The monoisotopic (exact) mass is 670 g/mol. The second-order valence-electron chi connectivity index (χ2n) is 16.3. The molecule has 11 nitrogen and oxygen atoms in total. The van der Waals surface area contributed by atoms with Gasteiger partial charge in [0.25, 0.3) is 0 Å². The number of carboxylic acids is 1. The molecule has 0 aromatic carbocycles. The van der Waals surface area contributed by atoms with Crippen LogP contribution in [-0.4, -0.2) is 106 Å². The van der Waals surface area contributed by atoms with Crippen LogP contribution in [0.25, 0.3) is 0 Å². The van der Waals surface area contributed by atoms with Crippen LogP contribution in [0.3, 0.4) is 0 Å². The molecule has 0 bridgehead atoms. The molecule has 4 N–H and O–H groups in total. The fraction of sp³-hybridized carbons (Fsp3) is 0.972. The number of aliphatic hydroxyl groups is 3. The first kappa shape index (κ1) is 37.4. The Labute approximate surface area is 281 Å². The van der Waals surface area contributed by atoms with Gasteiger partial charge in [0.15, 0.2) is 11.6 Å². The van der Waals surface area contributed by atoms with Crippen LogP contribution in [0.4, 0.5) is 0 Å². The van der Waals surface area contributed by atoms with Crippen LogP contribution >= 0.6 is 0 Å². The summed E-state index contributed by atoms with van der Waals surface area (Å²) in [6.07, 6.45) is 2.99. The predicted molar refractivity (Wildman–Crippen MR) is 172 cm³/mol. The highest BCUT2D eigenvalue weighted by molar-refractivity contribution is 5.70. The molecule has 5 fully saturated rings. The lowest BCUT2D eigenvalue weighted by Gasteiger charge is -2.49. The third-order valence-electron chi connectivity index (χ3n) is 13.0. The van der Waals surface area contributed by atoms with Crippen molar-refractivity contribution in [3.05, 3.63) is 0 Å². The zero-order chi connectivity index (χ0) is 34.7. The highest BCUT2D eigenvalue weighted by atomic mass is 16.7. The van der Waals surface area contributed by atoms with Crippen LogP contribution in [0.5, 0.6) is 0 Å². The molecule has 47 heavy (non-hydrogen) atoms. The standard InChI is InChI=1S/C36H62O11/c1-10-34(31-20(3)16-26(43-31)28-19(2)15-21(4)36(41,18-37)46-28)12-11-27(44-34)33(8)13-14-35(47-33)17-25(38)22(5)30(45-35)23(6)29(42-9)24(7)32(39)40/h19-31,37-38,41H,10-18H2,1-9H3,(H,39,40)/t19-,20-,21+,22-,23-,24-,25-,26+,27?,28?,29+,30-,31?,33-,34-,35+,36-/m0/s1. The zero-order valence-electron chi connectivity index (χ0n) is 30.0. The van der Waals surface area contributed by atoms with E-state index in [1.807, 2.05) is 20.8 Å². The Morgan fingerprint density at radius 3 is 2.34 bits per heavy atom. The number of carboxylic acid groups (broad SMARTS) is 1. The van der Waals surface area contributed by atoms with Crippen molar-refractivity contribution in [2.45, 2.75) is 172 Å². The lowest BCUT2D eigenvalue weighted by molar-refractivity contribution is -0.336. The lowest BCUT2D eigenvalue weighted by atomic mass is 9.78. The molecular formula is C36H62O11. The molecule has 5 rings (SSSR count). The van der Waals surface area contributed by atoms with Crippen molar-refractivity contribution in [3.8, 4) is 0 Å². The number of rotatable bonds is 10. The maximum absolute atomic E-state index is 11.8. The van der Waals surface area contributed by atoms with Crippen LogP contribution in [0.2, 0.25) is 0 Å². The molecule has 0 saturated carbocycles. The molecule has 1 spiro atoms. The van der Waals surface area contributed by atoms with Crippen molar-refractivity contribution in [2.75, 3.05) is 13.7 Å². The maximum atomic E-state index is 11.8. The summed E-state index contributed by atoms with van der Waals surface area (Å²) in [4.78, 5) is 11.8. The van der Waals surface area contributed by atoms with Crippen LogP contribution < -0.4 is 0 Å². The number of hydrogen-bond donors (Lipinski definition) is 4. The van der Waals surface area contributed by atoms with Gasteiger partial charge >= 0.3 is 5.97 Å². The molecule has 272 valence electrons. The fourth-order valence-electron chi connectivity index (χ4n) is 9.91. The number of ether oxygens (including phenoxy) is 6. The molecule has 0 amide bonds. The zero-order valence-corrected chi connectivity index (χ0v) is 30.0. The highest BCUT2D eigenvalue weighted by Gasteiger charge is 2.62. The van der Waals surface area contributed by atoms with E-state index in [0.717, 1.165) is 32.1 Å². The van der Waals surface area contributed by atoms with E-state index in [4.69, 9.17) is 28.4 Å². The maximum Gasteiger partial charge on any atom is 0.308 e. The van der Waals surface area contributed by atoms with Crippen molar-refractivity contribution < 1.29 is 53.6 Å². The van der Waals surface area contributed by atoms with E-state index in [0.29, 0.717) is 19.3 Å². The number of aliphatic carboxylic acids is 1. The quantitative estimate of drug-likeness (QED) is 0.264. The molecule has 0 aromatic heterocycles. The third kappa shape index (κ3) is 6.67. The molecule has 0 aliphatic carbocycles. The third-order valence-corrected chi connectivity index (χ3v) is 13.0. The first-order chi connectivity index (χ1) is 22.0. The van der Waals surface area contributed by atoms with Crippen molar-refractivity contribution in [1.29, 1.82) is 0 Å². The number of carbonyl (C=O) groups is 1. The SMILES string of the molecule is CC[C@@]1(C2O[C@@H](C3O[C@@](O)(CO)[C@H](C)C[C@@H]3C)C[C@@H]2C)CCC([C@]2(C)CC[C@]3(C[C@H](O)[C@H](C)[C@@H]([C@@H](C)[C@@H](OC)[C@H](C)C(=O)O)O3)O2)O1. The van der Waals surface area contributed by atoms with E-state index in [2.05, 4.69) is 27.7 Å². The molecule has 5 aliphatic rings. The number of hydrogen-bond acceptors (Lipinski definition) is 10. The topological polar surface area (TPSA) is 153 Å². The smallest absolute Gasteiger partial charge is 0.308 e. The van der Waals surface area contributed by atoms with Gasteiger partial charge in [0.05, 0.1) is 66.5 Å². The second-order valence-corrected chi connectivity index (χ2v) is 16.3. The van der Waals surface area contributed by atoms with Crippen molar-refractivity contribution in [3.63, 3.8) is 0 Å². The van der Waals surface area contributed by atoms with Crippen LogP contribution in [-0.2, 0) is 33.2 Å². The number of methoxy groups -OCH3 is 1. The van der Waals surface area contributed by atoms with Crippen LogP contribution in [0.15, 0.2) is 0 Å². The molecular weight excluding hydrogens is 608 g/mol. The molecule has 5 saturated heterocycles. The minimum atomic E-state index is -1.56. The van der Waals surface area contributed by atoms with E-state index in [1.165, 1.54) is 7.11 Å². The molecule has 5 aliphatic heterocycles. The highest BCUT2D eigenvalue weighted by Crippen LogP contribution is 2.55. The van der Waals surface area contributed by atoms with Crippen LogP contribution in [0, 0.1) is 35.5 Å². The fourth-order valence-corrected chi connectivity index (χ4v) is 9.91. The van der Waals surface area contributed by atoms with E-state index in [9.17, 15) is 25.2 Å². The van der Waals surface area contributed by atoms with E-state index < -0.39 is 59.6 Å². The minimum absolute atomic E-state index is 0.153. The van der Waals surface area contributed by atoms with Gasteiger partial charge in [-0.05, 0) is 64.2 Å². The van der Waals surface area contributed by atoms with Gasteiger partial charge < -0.3 is 48.8 Å². The van der Waals surface area contributed by atoms with Gasteiger partial charge in [-0.2, -0.15) is 0 Å². The van der Waals surface area contributed by atoms with Crippen LogP contribution in [0.1, 0.15) is 107 Å². The second kappa shape index (κ2) is 13.7. The molecule has 11 heteroatoms. The average Bonchev–Trinajstić information content (AvgIpc) is 3.73. The summed E-state index contributed by atoms with van der Waals surface area (Å²) in [5, 5.41) is 41.8. The molecule has 0 radical (unpaired) electrons. The summed E-state index contributed by atoms with van der Waals surface area (Å²) in [6, 6.07) is 0. The normalized spacial score (nSPS) is 50.9. The first-order valence-electron chi connectivity index (χ1n) is 18.1. The number of aliphatic hydroxyl groups excluding tert-OH is 2. The van der Waals surface area contributed by atoms with E-state index in [-0.39, 0.29) is 54.0 Å². The Hall–Kier alpha value is -0.890. The Kier molecular flexibility index (Phi) is 10.9. The van der Waals surface area contributed by atoms with Gasteiger partial charge in [-0.15, -0.1) is 0 Å². The van der Waals surface area contributed by atoms with Crippen molar-refractivity contribution in [2.24, 2.45) is 35.5 Å². The van der Waals surface area contributed by atoms with Gasteiger partial charge in [-0.1, -0.05) is 41.5 Å². The molecule has 3 unspecified atom stereocenters. The summed E-state index contributed by atoms with van der Waals surface area (Å²) >= 11 is 0. The summed E-state index contributed by atoms with van der Waals surface area (Å²) in [5.41, 5.74) is -1.15. The minimum Gasteiger partial charge on any atom is -0.481 e. The predicted octanol–water partition coefficient (Wildman–Crippen LogP) is 4.27. The summed E-state index contributed by atoms with van der Waals surface area (Å²) in [7, 11) is 1.52. The molecule has 0 aromatic rings. The van der Waals surface area contributed by atoms with E-state index in [1.54, 1.807) is 6.92 Å². The summed E-state index contributed by atoms with van der Waals surface area (Å²) in [6.45, 7) is 15.6. The van der Waals surface area contributed by atoms with Crippen molar-refractivity contribution >= 4 is 5.97 Å². The van der Waals surface area contributed by atoms with Crippen molar-refractivity contribution in [1.82, 2.24) is 0 Å². The van der Waals surface area contributed by atoms with Gasteiger partial charge in [0, 0.05) is 37.7 Å². The van der Waals surface area contributed by atoms with Gasteiger partial charge in [-0.25, -0.2) is 0 Å². The Morgan fingerprint density at radius 1 is 1.02 bits per heavy atom. The van der Waals surface area contributed by atoms with Gasteiger partial charge in [-0.3, -0.25) is 4.79 Å². The largest absolute Gasteiger partial charge is 0.481 e. The average molecular weight is 671 g/mol. The summed E-state index contributed by atoms with van der Waals surface area (Å²) in [5.74, 6) is -4.52. The lowest BCUT2D eigenvalue weighted by Crippen LogP contribution is -2.57. The molecule has 5 heterocycles. The summed E-state index contributed by atoms with van der Waals surface area (Å²) < 4.78 is 39.4. The van der Waals surface area contributed by atoms with Gasteiger partial charge in [0.1, 0.15) is 0 Å². The first-order valence-corrected chi connectivity index (χ1v) is 18.1.